The number of benzene rings is 1. The van der Waals surface area contributed by atoms with Crippen LogP contribution in [0.2, 0.25) is 0 Å². The van der Waals surface area contributed by atoms with Crippen LogP contribution in [-0.2, 0) is 6.54 Å². The number of allylic oxidation sites excluding steroid dienone is 1. The van der Waals surface area contributed by atoms with Gasteiger partial charge in [-0.05, 0) is 0 Å². The lowest BCUT2D eigenvalue weighted by Gasteiger charge is -1.94. The van der Waals surface area contributed by atoms with Gasteiger partial charge in [-0.25, -0.2) is 0 Å². The van der Waals surface area contributed by atoms with E-state index in [4.69, 9.17) is 0 Å². The van der Waals surface area contributed by atoms with E-state index in [9.17, 15) is 4.79 Å². The zero-order valence-electron chi connectivity index (χ0n) is 8.71. The average molecular weight is 213 g/mol. The molecule has 0 atom stereocenters. The number of aromatic nitrogens is 3. The van der Waals surface area contributed by atoms with Crippen LogP contribution >= 0.6 is 0 Å². The van der Waals surface area contributed by atoms with Gasteiger partial charge in [0, 0.05) is 5.56 Å². The zero-order chi connectivity index (χ0) is 11.4. The lowest BCUT2D eigenvalue weighted by atomic mass is 10.1. The number of aldehydes is 1. The van der Waals surface area contributed by atoms with Crippen LogP contribution in [0.5, 0.6) is 0 Å². The van der Waals surface area contributed by atoms with Crippen molar-refractivity contribution in [3.05, 3.63) is 48.7 Å². The minimum Gasteiger partial charge on any atom is -0.296 e. The first-order valence-corrected chi connectivity index (χ1v) is 4.91. The molecule has 2 aromatic rings. The second kappa shape index (κ2) is 4.53. The van der Waals surface area contributed by atoms with E-state index < -0.39 is 0 Å². The van der Waals surface area contributed by atoms with Gasteiger partial charge in [0.15, 0.2) is 12.0 Å². The molecule has 0 bridgehead atoms. The maximum atomic E-state index is 10.9. The topological polar surface area (TPSA) is 47.8 Å². The molecule has 2 rings (SSSR count). The van der Waals surface area contributed by atoms with Crippen molar-refractivity contribution in [3.8, 4) is 11.3 Å². The number of carbonyl (C=O) groups excluding carboxylic acids is 1. The molecule has 1 aromatic heterocycles. The van der Waals surface area contributed by atoms with Gasteiger partial charge < -0.3 is 0 Å². The van der Waals surface area contributed by atoms with Crippen molar-refractivity contribution in [2.24, 2.45) is 0 Å². The van der Waals surface area contributed by atoms with E-state index in [1.165, 1.54) is 4.80 Å². The highest BCUT2D eigenvalue weighted by atomic mass is 16.1. The van der Waals surface area contributed by atoms with Crippen molar-refractivity contribution in [1.82, 2.24) is 15.0 Å². The van der Waals surface area contributed by atoms with Gasteiger partial charge in [0.25, 0.3) is 0 Å². The summed E-state index contributed by atoms with van der Waals surface area (Å²) < 4.78 is 0. The maximum absolute atomic E-state index is 10.9. The second-order valence-electron chi connectivity index (χ2n) is 3.26. The highest BCUT2D eigenvalue weighted by Gasteiger charge is 2.11. The van der Waals surface area contributed by atoms with Gasteiger partial charge in [-0.3, -0.25) is 4.79 Å². The first-order valence-electron chi connectivity index (χ1n) is 4.91. The minimum atomic E-state index is 0.355. The maximum Gasteiger partial charge on any atom is 0.172 e. The van der Waals surface area contributed by atoms with Crippen LogP contribution in [0.1, 0.15) is 10.5 Å². The van der Waals surface area contributed by atoms with E-state index in [1.807, 2.05) is 30.3 Å². The molecule has 1 heterocycles. The SMILES string of the molecule is C=CCn1nc(C=O)c(-c2ccccc2)n1. The van der Waals surface area contributed by atoms with Gasteiger partial charge in [-0.15, -0.1) is 11.7 Å². The third kappa shape index (κ3) is 1.91. The quantitative estimate of drug-likeness (QED) is 0.576. The van der Waals surface area contributed by atoms with Gasteiger partial charge in [0.2, 0.25) is 0 Å². The summed E-state index contributed by atoms with van der Waals surface area (Å²) in [4.78, 5) is 12.3. The Labute approximate surface area is 93.2 Å². The van der Waals surface area contributed by atoms with Crippen LogP contribution in [0, 0.1) is 0 Å². The third-order valence-electron chi connectivity index (χ3n) is 2.13. The fourth-order valence-corrected chi connectivity index (χ4v) is 1.44. The minimum absolute atomic E-state index is 0.355. The molecule has 0 saturated carbocycles. The van der Waals surface area contributed by atoms with E-state index in [2.05, 4.69) is 16.8 Å². The summed E-state index contributed by atoms with van der Waals surface area (Å²) in [6.07, 6.45) is 2.40. The van der Waals surface area contributed by atoms with E-state index >= 15 is 0 Å². The Morgan fingerprint density at radius 3 is 2.62 bits per heavy atom. The molecular weight excluding hydrogens is 202 g/mol. The second-order valence-corrected chi connectivity index (χ2v) is 3.26. The van der Waals surface area contributed by atoms with E-state index in [0.717, 1.165) is 11.8 Å². The lowest BCUT2D eigenvalue weighted by Crippen LogP contribution is -1.99. The molecule has 0 aliphatic rings. The van der Waals surface area contributed by atoms with Gasteiger partial charge in [-0.2, -0.15) is 9.90 Å². The number of rotatable bonds is 4. The molecular formula is C12H11N3O. The fourth-order valence-electron chi connectivity index (χ4n) is 1.44. The predicted octanol–water partition coefficient (Wildman–Crippen LogP) is 1.94. The molecule has 80 valence electrons. The smallest absolute Gasteiger partial charge is 0.172 e. The lowest BCUT2D eigenvalue weighted by molar-refractivity contribution is 0.111. The third-order valence-corrected chi connectivity index (χ3v) is 2.13. The molecule has 0 unspecified atom stereocenters. The van der Waals surface area contributed by atoms with Crippen molar-refractivity contribution in [3.63, 3.8) is 0 Å². The van der Waals surface area contributed by atoms with Gasteiger partial charge in [0.05, 0.1) is 6.54 Å². The molecule has 0 radical (unpaired) electrons. The summed E-state index contributed by atoms with van der Waals surface area (Å²) in [7, 11) is 0. The first kappa shape index (κ1) is 10.3. The highest BCUT2D eigenvalue weighted by molar-refractivity contribution is 5.82. The number of carbonyl (C=O) groups is 1. The van der Waals surface area contributed by atoms with Crippen LogP contribution in [0.15, 0.2) is 43.0 Å². The van der Waals surface area contributed by atoms with Crippen LogP contribution in [0.4, 0.5) is 0 Å². The number of hydrogen-bond acceptors (Lipinski definition) is 3. The van der Waals surface area contributed by atoms with Gasteiger partial charge in [0.1, 0.15) is 5.69 Å². The van der Waals surface area contributed by atoms with Crippen molar-refractivity contribution < 1.29 is 4.79 Å². The Bertz CT molecular complexity index is 502. The molecule has 4 nitrogen and oxygen atoms in total. The predicted molar refractivity (Wildman–Crippen MR) is 61.0 cm³/mol. The molecule has 0 fully saturated rings. The van der Waals surface area contributed by atoms with Crippen molar-refractivity contribution in [1.29, 1.82) is 0 Å². The van der Waals surface area contributed by atoms with Gasteiger partial charge >= 0.3 is 0 Å². The molecule has 0 N–H and O–H groups in total. The van der Waals surface area contributed by atoms with Crippen molar-refractivity contribution in [2.75, 3.05) is 0 Å². The Morgan fingerprint density at radius 2 is 2.00 bits per heavy atom. The molecule has 0 saturated heterocycles. The van der Waals surface area contributed by atoms with Crippen LogP contribution < -0.4 is 0 Å². The van der Waals surface area contributed by atoms with Crippen molar-refractivity contribution >= 4 is 6.29 Å². The molecule has 1 aromatic carbocycles. The first-order chi connectivity index (χ1) is 7.85. The molecule has 16 heavy (non-hydrogen) atoms. The van der Waals surface area contributed by atoms with Gasteiger partial charge in [-0.1, -0.05) is 36.4 Å². The monoisotopic (exact) mass is 213 g/mol. The number of hydrogen-bond donors (Lipinski definition) is 0. The summed E-state index contributed by atoms with van der Waals surface area (Å²) in [5.74, 6) is 0. The fraction of sp³-hybridized carbons (Fsp3) is 0.0833. The Hall–Kier alpha value is -2.23. The van der Waals surface area contributed by atoms with Crippen molar-refractivity contribution in [2.45, 2.75) is 6.54 Å². The normalized spacial score (nSPS) is 10.0. The van der Waals surface area contributed by atoms with E-state index in [-0.39, 0.29) is 0 Å². The highest BCUT2D eigenvalue weighted by Crippen LogP contribution is 2.18. The zero-order valence-corrected chi connectivity index (χ0v) is 8.71. The summed E-state index contributed by atoms with van der Waals surface area (Å²) in [6.45, 7) is 4.10. The molecule has 0 aliphatic heterocycles. The Morgan fingerprint density at radius 1 is 1.25 bits per heavy atom. The van der Waals surface area contributed by atoms with Crippen LogP contribution in [-0.4, -0.2) is 21.3 Å². The van der Waals surface area contributed by atoms with E-state index in [0.29, 0.717) is 17.9 Å². The van der Waals surface area contributed by atoms with E-state index in [1.54, 1.807) is 6.08 Å². The number of nitrogens with zero attached hydrogens (tertiary/aromatic N) is 3. The summed E-state index contributed by atoms with van der Waals surface area (Å²) >= 11 is 0. The Kier molecular flexibility index (Phi) is 2.91. The summed E-state index contributed by atoms with van der Waals surface area (Å²) in [5, 5.41) is 8.31. The largest absolute Gasteiger partial charge is 0.296 e. The van der Waals surface area contributed by atoms with Crippen LogP contribution in [0.25, 0.3) is 11.3 Å². The molecule has 0 spiro atoms. The molecule has 4 heteroatoms. The van der Waals surface area contributed by atoms with Crippen LogP contribution in [0.3, 0.4) is 0 Å². The Balaban J connectivity index is 2.47. The molecule has 0 aliphatic carbocycles. The summed E-state index contributed by atoms with van der Waals surface area (Å²) in [6, 6.07) is 9.51. The summed E-state index contributed by atoms with van der Waals surface area (Å²) in [5.41, 5.74) is 1.85. The average Bonchev–Trinajstić information content (AvgIpc) is 2.74. The molecule has 0 amide bonds. The standard InChI is InChI=1S/C12H11N3O/c1-2-8-15-13-11(9-16)12(14-15)10-6-4-3-5-7-10/h2-7,9H,1,8H2.